The number of carbonyl (C=O) groups excluding carboxylic acids is 1. The van der Waals surface area contributed by atoms with Crippen LogP contribution in [0.25, 0.3) is 0 Å². The largest absolute Gasteiger partial charge is 0.368 e. The molecule has 0 aliphatic heterocycles. The summed E-state index contributed by atoms with van der Waals surface area (Å²) < 4.78 is 0. The van der Waals surface area contributed by atoms with Crippen molar-refractivity contribution in [1.82, 2.24) is 15.3 Å². The lowest BCUT2D eigenvalue weighted by Gasteiger charge is -2.19. The number of nitrogens with zero attached hydrogens (tertiary/aromatic N) is 3. The molecule has 0 bridgehead atoms. The highest BCUT2D eigenvalue weighted by Gasteiger charge is 2.14. The van der Waals surface area contributed by atoms with Crippen molar-refractivity contribution in [2.24, 2.45) is 0 Å². The highest BCUT2D eigenvalue weighted by molar-refractivity contribution is 5.94. The Labute approximate surface area is 156 Å². The summed E-state index contributed by atoms with van der Waals surface area (Å²) in [6.07, 6.45) is 0. The fraction of sp³-hybridized carbons (Fsp3) is 0.450. The number of amides is 1. The van der Waals surface area contributed by atoms with Crippen LogP contribution >= 0.6 is 0 Å². The predicted molar refractivity (Wildman–Crippen MR) is 107 cm³/mol. The van der Waals surface area contributed by atoms with Crippen LogP contribution in [0.4, 0.5) is 11.6 Å². The second kappa shape index (κ2) is 8.17. The van der Waals surface area contributed by atoms with Gasteiger partial charge in [0.15, 0.2) is 0 Å². The van der Waals surface area contributed by atoms with Gasteiger partial charge in [0.1, 0.15) is 17.5 Å². The van der Waals surface area contributed by atoms with Gasteiger partial charge < -0.3 is 15.5 Å². The van der Waals surface area contributed by atoms with Crippen molar-refractivity contribution in [2.75, 3.05) is 37.4 Å². The molecule has 1 aromatic carbocycles. The Balaban J connectivity index is 1.85. The Bertz CT molecular complexity index is 748. The molecule has 2 rings (SSSR count). The molecule has 0 radical (unpaired) electrons. The van der Waals surface area contributed by atoms with Crippen molar-refractivity contribution >= 4 is 17.5 Å². The smallest absolute Gasteiger partial charge is 0.251 e. The first kappa shape index (κ1) is 19.7. The van der Waals surface area contributed by atoms with Gasteiger partial charge in [0.05, 0.1) is 0 Å². The van der Waals surface area contributed by atoms with Crippen molar-refractivity contribution < 1.29 is 4.79 Å². The second-order valence-electron chi connectivity index (χ2n) is 7.56. The molecular formula is C20H29N5O. The van der Waals surface area contributed by atoms with E-state index in [2.05, 4.69) is 41.4 Å². The number of aryl methyl sites for hydroxylation is 1. The number of anilines is 2. The summed E-state index contributed by atoms with van der Waals surface area (Å²) in [7, 11) is 3.88. The van der Waals surface area contributed by atoms with Gasteiger partial charge in [0.25, 0.3) is 5.91 Å². The van der Waals surface area contributed by atoms with Crippen molar-refractivity contribution in [3.63, 3.8) is 0 Å². The van der Waals surface area contributed by atoms with Crippen molar-refractivity contribution in [2.45, 2.75) is 33.1 Å². The number of rotatable bonds is 6. The number of aromatic nitrogens is 2. The lowest BCUT2D eigenvalue weighted by atomic mass is 9.87. The molecule has 6 heteroatoms. The van der Waals surface area contributed by atoms with Gasteiger partial charge in [-0.05, 0) is 30.0 Å². The van der Waals surface area contributed by atoms with Gasteiger partial charge in [-0.15, -0.1) is 0 Å². The Morgan fingerprint density at radius 1 is 1.08 bits per heavy atom. The Hall–Kier alpha value is -2.63. The summed E-state index contributed by atoms with van der Waals surface area (Å²) in [6.45, 7) is 9.44. The molecule has 6 nitrogen and oxygen atoms in total. The van der Waals surface area contributed by atoms with E-state index < -0.39 is 0 Å². The van der Waals surface area contributed by atoms with E-state index in [1.54, 1.807) is 0 Å². The summed E-state index contributed by atoms with van der Waals surface area (Å²) in [4.78, 5) is 22.9. The van der Waals surface area contributed by atoms with Crippen LogP contribution < -0.4 is 15.5 Å². The van der Waals surface area contributed by atoms with E-state index in [9.17, 15) is 4.79 Å². The van der Waals surface area contributed by atoms with Crippen molar-refractivity contribution in [3.8, 4) is 0 Å². The van der Waals surface area contributed by atoms with Gasteiger partial charge >= 0.3 is 0 Å². The molecule has 0 saturated heterocycles. The van der Waals surface area contributed by atoms with Crippen LogP contribution in [0, 0.1) is 6.92 Å². The van der Waals surface area contributed by atoms with Crippen LogP contribution in [0.5, 0.6) is 0 Å². The molecule has 0 aliphatic rings. The molecule has 0 spiro atoms. The maximum absolute atomic E-state index is 12.2. The zero-order valence-electron chi connectivity index (χ0n) is 16.6. The molecule has 1 heterocycles. The zero-order valence-corrected chi connectivity index (χ0v) is 16.6. The zero-order chi connectivity index (χ0) is 19.3. The average molecular weight is 355 g/mol. The molecule has 0 saturated carbocycles. The van der Waals surface area contributed by atoms with Gasteiger partial charge in [-0.3, -0.25) is 4.79 Å². The third-order valence-electron chi connectivity index (χ3n) is 4.01. The van der Waals surface area contributed by atoms with E-state index in [0.29, 0.717) is 24.5 Å². The lowest BCUT2D eigenvalue weighted by molar-refractivity contribution is 0.0955. The molecule has 0 fully saturated rings. The molecule has 140 valence electrons. The van der Waals surface area contributed by atoms with E-state index >= 15 is 0 Å². The first-order chi connectivity index (χ1) is 12.2. The van der Waals surface area contributed by atoms with Gasteiger partial charge in [0, 0.05) is 38.8 Å². The molecule has 26 heavy (non-hydrogen) atoms. The number of nitrogens with one attached hydrogen (secondary N) is 2. The van der Waals surface area contributed by atoms with Crippen LogP contribution in [-0.2, 0) is 5.41 Å². The van der Waals surface area contributed by atoms with Gasteiger partial charge in [-0.1, -0.05) is 32.9 Å². The number of hydrogen-bond acceptors (Lipinski definition) is 5. The average Bonchev–Trinajstić information content (AvgIpc) is 2.57. The Morgan fingerprint density at radius 2 is 1.73 bits per heavy atom. The SMILES string of the molecule is Cc1nc(NCCNC(=O)c2ccc(C(C)(C)C)cc2)cc(N(C)C)n1. The molecule has 0 atom stereocenters. The first-order valence-corrected chi connectivity index (χ1v) is 8.82. The summed E-state index contributed by atoms with van der Waals surface area (Å²) in [5, 5.41) is 6.15. The van der Waals surface area contributed by atoms with E-state index in [1.807, 2.05) is 56.3 Å². The third kappa shape index (κ3) is 5.44. The maximum Gasteiger partial charge on any atom is 0.251 e. The molecule has 2 aromatic rings. The maximum atomic E-state index is 12.2. The third-order valence-corrected chi connectivity index (χ3v) is 4.01. The Kier molecular flexibility index (Phi) is 6.18. The molecule has 1 amide bonds. The number of benzene rings is 1. The fourth-order valence-corrected chi connectivity index (χ4v) is 2.46. The van der Waals surface area contributed by atoms with Crippen LogP contribution in [-0.4, -0.2) is 43.1 Å². The van der Waals surface area contributed by atoms with Crippen LogP contribution in [0.1, 0.15) is 42.5 Å². The minimum atomic E-state index is -0.0693. The molecular weight excluding hydrogens is 326 g/mol. The first-order valence-electron chi connectivity index (χ1n) is 8.82. The fourth-order valence-electron chi connectivity index (χ4n) is 2.46. The quantitative estimate of drug-likeness (QED) is 0.780. The highest BCUT2D eigenvalue weighted by atomic mass is 16.1. The van der Waals surface area contributed by atoms with E-state index in [0.717, 1.165) is 11.6 Å². The number of hydrogen-bond donors (Lipinski definition) is 2. The van der Waals surface area contributed by atoms with Gasteiger partial charge in [-0.2, -0.15) is 0 Å². The standard InChI is InChI=1S/C20H29N5O/c1-14-23-17(13-18(24-14)25(5)6)21-11-12-22-19(26)15-7-9-16(10-8-15)20(2,3)4/h7-10,13H,11-12H2,1-6H3,(H,22,26)(H,21,23,24). The van der Waals surface area contributed by atoms with E-state index in [4.69, 9.17) is 0 Å². The monoisotopic (exact) mass is 355 g/mol. The summed E-state index contributed by atoms with van der Waals surface area (Å²) in [5.41, 5.74) is 1.97. The number of carbonyl (C=O) groups is 1. The van der Waals surface area contributed by atoms with Crippen molar-refractivity contribution in [1.29, 1.82) is 0 Å². The molecule has 1 aromatic heterocycles. The highest BCUT2D eigenvalue weighted by Crippen LogP contribution is 2.22. The molecule has 2 N–H and O–H groups in total. The second-order valence-corrected chi connectivity index (χ2v) is 7.56. The van der Waals surface area contributed by atoms with Crippen LogP contribution in [0.2, 0.25) is 0 Å². The minimum absolute atomic E-state index is 0.0693. The van der Waals surface area contributed by atoms with Crippen molar-refractivity contribution in [3.05, 3.63) is 47.3 Å². The van der Waals surface area contributed by atoms with E-state index in [-0.39, 0.29) is 11.3 Å². The normalized spacial score (nSPS) is 11.2. The van der Waals surface area contributed by atoms with Gasteiger partial charge in [0.2, 0.25) is 0 Å². The van der Waals surface area contributed by atoms with Gasteiger partial charge in [-0.25, -0.2) is 9.97 Å². The molecule has 0 aliphatic carbocycles. The van der Waals surface area contributed by atoms with Crippen LogP contribution in [0.3, 0.4) is 0 Å². The minimum Gasteiger partial charge on any atom is -0.368 e. The molecule has 0 unspecified atom stereocenters. The summed E-state index contributed by atoms with van der Waals surface area (Å²) in [6, 6.07) is 9.67. The van der Waals surface area contributed by atoms with Crippen LogP contribution in [0.15, 0.2) is 30.3 Å². The lowest BCUT2D eigenvalue weighted by Crippen LogP contribution is -2.29. The topological polar surface area (TPSA) is 70.2 Å². The Morgan fingerprint density at radius 3 is 2.31 bits per heavy atom. The summed E-state index contributed by atoms with van der Waals surface area (Å²) in [5.74, 6) is 2.25. The summed E-state index contributed by atoms with van der Waals surface area (Å²) >= 11 is 0. The van der Waals surface area contributed by atoms with E-state index in [1.165, 1.54) is 5.56 Å². The predicted octanol–water partition coefficient (Wildman–Crippen LogP) is 2.99.